The van der Waals surface area contributed by atoms with Crippen molar-refractivity contribution < 1.29 is 0 Å². The minimum absolute atomic E-state index is 0.212. The maximum Gasteiger partial charge on any atom is 0.0408 e. The molecule has 0 saturated carbocycles. The van der Waals surface area contributed by atoms with Crippen LogP contribution >= 0.6 is 11.6 Å². The van der Waals surface area contributed by atoms with E-state index in [0.29, 0.717) is 0 Å². The summed E-state index contributed by atoms with van der Waals surface area (Å²) in [5, 5.41) is 0.787. The highest BCUT2D eigenvalue weighted by Crippen LogP contribution is 2.22. The van der Waals surface area contributed by atoms with E-state index in [1.54, 1.807) is 0 Å². The van der Waals surface area contributed by atoms with Crippen molar-refractivity contribution in [1.82, 2.24) is 0 Å². The minimum atomic E-state index is 0.212. The Morgan fingerprint density at radius 2 is 2.00 bits per heavy atom. The summed E-state index contributed by atoms with van der Waals surface area (Å²) in [6, 6.07) is 8.14. The molecule has 15 heavy (non-hydrogen) atoms. The topological polar surface area (TPSA) is 26.0 Å². The fraction of sp³-hybridized carbons (Fsp3) is 0.538. The average Bonchev–Trinajstić information content (AvgIpc) is 1.99. The third kappa shape index (κ3) is 5.19. The summed E-state index contributed by atoms with van der Waals surface area (Å²) < 4.78 is 0. The third-order valence-electron chi connectivity index (χ3n) is 2.26. The Hall–Kier alpha value is -0.530. The van der Waals surface area contributed by atoms with Crippen LogP contribution in [0.2, 0.25) is 5.02 Å². The fourth-order valence-corrected chi connectivity index (χ4v) is 2.04. The first kappa shape index (κ1) is 12.5. The van der Waals surface area contributed by atoms with E-state index < -0.39 is 0 Å². The van der Waals surface area contributed by atoms with Crippen LogP contribution in [-0.2, 0) is 6.42 Å². The van der Waals surface area contributed by atoms with Gasteiger partial charge < -0.3 is 5.73 Å². The lowest BCUT2D eigenvalue weighted by molar-refractivity contribution is 0.338. The van der Waals surface area contributed by atoms with Gasteiger partial charge in [-0.05, 0) is 36.0 Å². The first-order valence-electron chi connectivity index (χ1n) is 5.37. The zero-order valence-electron chi connectivity index (χ0n) is 9.76. The van der Waals surface area contributed by atoms with E-state index in [9.17, 15) is 0 Å². The fourth-order valence-electron chi connectivity index (χ4n) is 1.83. The summed E-state index contributed by atoms with van der Waals surface area (Å²) in [5.74, 6) is 0. The molecular formula is C13H20ClN. The standard InChI is InChI=1S/C13H20ClN/c1-13(2,3)9-12(15)8-10-5-4-6-11(14)7-10/h4-7,12H,8-9,15H2,1-3H3. The van der Waals surface area contributed by atoms with Gasteiger partial charge in [0.25, 0.3) is 0 Å². The highest BCUT2D eigenvalue weighted by Gasteiger charge is 2.15. The first-order chi connectivity index (χ1) is 6.87. The number of hydrogen-bond donors (Lipinski definition) is 1. The van der Waals surface area contributed by atoms with Gasteiger partial charge in [0.15, 0.2) is 0 Å². The molecule has 1 atom stereocenters. The second-order valence-corrected chi connectivity index (χ2v) is 5.80. The number of halogens is 1. The number of rotatable bonds is 3. The molecular weight excluding hydrogens is 206 g/mol. The Morgan fingerprint density at radius 1 is 1.33 bits per heavy atom. The van der Waals surface area contributed by atoms with Crippen molar-refractivity contribution >= 4 is 11.6 Å². The van der Waals surface area contributed by atoms with Crippen molar-refractivity contribution in [1.29, 1.82) is 0 Å². The summed E-state index contributed by atoms with van der Waals surface area (Å²) >= 11 is 5.92. The zero-order chi connectivity index (χ0) is 11.5. The molecule has 0 fully saturated rings. The monoisotopic (exact) mass is 225 g/mol. The molecule has 0 spiro atoms. The first-order valence-corrected chi connectivity index (χ1v) is 5.75. The van der Waals surface area contributed by atoms with Crippen LogP contribution < -0.4 is 5.73 Å². The van der Waals surface area contributed by atoms with Crippen molar-refractivity contribution in [3.63, 3.8) is 0 Å². The quantitative estimate of drug-likeness (QED) is 0.835. The molecule has 0 bridgehead atoms. The molecule has 2 heteroatoms. The molecule has 1 unspecified atom stereocenters. The molecule has 0 heterocycles. The summed E-state index contributed by atoms with van der Waals surface area (Å²) in [7, 11) is 0. The van der Waals surface area contributed by atoms with Gasteiger partial charge in [-0.15, -0.1) is 0 Å². The Labute approximate surface area is 97.6 Å². The largest absolute Gasteiger partial charge is 0.327 e. The lowest BCUT2D eigenvalue weighted by Gasteiger charge is -2.23. The molecule has 0 aliphatic heterocycles. The summed E-state index contributed by atoms with van der Waals surface area (Å²) in [6.07, 6.45) is 1.93. The normalized spacial score (nSPS) is 13.9. The van der Waals surface area contributed by atoms with Gasteiger partial charge in [-0.25, -0.2) is 0 Å². The van der Waals surface area contributed by atoms with E-state index in [-0.39, 0.29) is 11.5 Å². The van der Waals surface area contributed by atoms with Crippen molar-refractivity contribution in [2.75, 3.05) is 0 Å². The van der Waals surface area contributed by atoms with E-state index >= 15 is 0 Å². The van der Waals surface area contributed by atoms with Crippen LogP contribution in [0.25, 0.3) is 0 Å². The molecule has 0 aromatic heterocycles. The van der Waals surface area contributed by atoms with E-state index in [2.05, 4.69) is 26.8 Å². The van der Waals surface area contributed by atoms with Gasteiger partial charge in [0.05, 0.1) is 0 Å². The van der Waals surface area contributed by atoms with Gasteiger partial charge in [0.2, 0.25) is 0 Å². The Kier molecular flexibility index (Phi) is 4.18. The van der Waals surface area contributed by atoms with Crippen LogP contribution in [0.15, 0.2) is 24.3 Å². The van der Waals surface area contributed by atoms with Gasteiger partial charge in [0.1, 0.15) is 0 Å². The maximum atomic E-state index is 6.10. The number of benzene rings is 1. The molecule has 0 saturated heterocycles. The van der Waals surface area contributed by atoms with Crippen molar-refractivity contribution in [3.05, 3.63) is 34.9 Å². The van der Waals surface area contributed by atoms with Gasteiger partial charge in [0, 0.05) is 11.1 Å². The van der Waals surface area contributed by atoms with Crippen LogP contribution in [-0.4, -0.2) is 6.04 Å². The SMILES string of the molecule is CC(C)(C)CC(N)Cc1cccc(Cl)c1. The van der Waals surface area contributed by atoms with Gasteiger partial charge >= 0.3 is 0 Å². The van der Waals surface area contributed by atoms with Crippen molar-refractivity contribution in [2.24, 2.45) is 11.1 Å². The van der Waals surface area contributed by atoms with Crippen LogP contribution in [0.5, 0.6) is 0 Å². The predicted octanol–water partition coefficient (Wildman–Crippen LogP) is 3.65. The van der Waals surface area contributed by atoms with Crippen LogP contribution in [0, 0.1) is 5.41 Å². The maximum absolute atomic E-state index is 6.10. The highest BCUT2D eigenvalue weighted by atomic mass is 35.5. The Bertz CT molecular complexity index is 315. The smallest absolute Gasteiger partial charge is 0.0408 e. The second-order valence-electron chi connectivity index (χ2n) is 5.36. The van der Waals surface area contributed by atoms with Crippen LogP contribution in [0.3, 0.4) is 0 Å². The third-order valence-corrected chi connectivity index (χ3v) is 2.50. The van der Waals surface area contributed by atoms with Crippen molar-refractivity contribution in [2.45, 2.75) is 39.7 Å². The Morgan fingerprint density at radius 3 is 2.53 bits per heavy atom. The molecule has 84 valence electrons. The zero-order valence-corrected chi connectivity index (χ0v) is 10.5. The molecule has 0 radical (unpaired) electrons. The molecule has 0 aliphatic rings. The molecule has 2 N–H and O–H groups in total. The number of nitrogens with two attached hydrogens (primary N) is 1. The second kappa shape index (κ2) is 5.00. The van der Waals surface area contributed by atoms with E-state index in [4.69, 9.17) is 17.3 Å². The minimum Gasteiger partial charge on any atom is -0.327 e. The lowest BCUT2D eigenvalue weighted by Crippen LogP contribution is -2.28. The van der Waals surface area contributed by atoms with Crippen LogP contribution in [0.4, 0.5) is 0 Å². The van der Waals surface area contributed by atoms with Gasteiger partial charge in [-0.1, -0.05) is 44.5 Å². The summed E-state index contributed by atoms with van der Waals surface area (Å²) in [5.41, 5.74) is 7.61. The van der Waals surface area contributed by atoms with Crippen LogP contribution in [0.1, 0.15) is 32.8 Å². The molecule has 1 rings (SSSR count). The van der Waals surface area contributed by atoms with E-state index in [1.165, 1.54) is 5.56 Å². The van der Waals surface area contributed by atoms with Gasteiger partial charge in [-0.2, -0.15) is 0 Å². The lowest BCUT2D eigenvalue weighted by atomic mass is 9.86. The summed E-state index contributed by atoms with van der Waals surface area (Å²) in [4.78, 5) is 0. The molecule has 0 amide bonds. The molecule has 1 nitrogen and oxygen atoms in total. The predicted molar refractivity (Wildman–Crippen MR) is 67.2 cm³/mol. The summed E-state index contributed by atoms with van der Waals surface area (Å²) in [6.45, 7) is 6.64. The van der Waals surface area contributed by atoms with Gasteiger partial charge in [-0.3, -0.25) is 0 Å². The van der Waals surface area contributed by atoms with E-state index in [0.717, 1.165) is 17.9 Å². The van der Waals surface area contributed by atoms with E-state index in [1.807, 2.05) is 18.2 Å². The van der Waals surface area contributed by atoms with Crippen molar-refractivity contribution in [3.8, 4) is 0 Å². The molecule has 1 aromatic rings. The Balaban J connectivity index is 2.55. The molecule has 0 aliphatic carbocycles. The molecule has 1 aromatic carbocycles. The number of hydrogen-bond acceptors (Lipinski definition) is 1. The highest BCUT2D eigenvalue weighted by molar-refractivity contribution is 6.30. The average molecular weight is 226 g/mol.